The Kier molecular flexibility index (Phi) is 9.33. The van der Waals surface area contributed by atoms with Gasteiger partial charge in [0.05, 0.1) is 6.26 Å². The highest BCUT2D eigenvalue weighted by molar-refractivity contribution is 5.76. The molecular weight excluding hydrogens is 300 g/mol. The first kappa shape index (κ1) is 18.5. The van der Waals surface area contributed by atoms with Gasteiger partial charge in [0.15, 0.2) is 11.5 Å². The van der Waals surface area contributed by atoms with Gasteiger partial charge in [-0.25, -0.2) is 0 Å². The molecule has 24 heavy (non-hydrogen) atoms. The van der Waals surface area contributed by atoms with Gasteiger partial charge in [0.2, 0.25) is 0 Å². The van der Waals surface area contributed by atoms with Gasteiger partial charge < -0.3 is 9.47 Å². The van der Waals surface area contributed by atoms with Crippen molar-refractivity contribution in [2.24, 2.45) is 0 Å². The van der Waals surface area contributed by atoms with E-state index in [4.69, 9.17) is 9.47 Å². The van der Waals surface area contributed by atoms with Crippen LogP contribution in [0.2, 0.25) is 0 Å². The van der Waals surface area contributed by atoms with Crippen LogP contribution in [-0.4, -0.2) is 6.29 Å². The SMILES string of the molecule is C=C=C/C=C\C=C\Oc1ccc(C=O)cc1OC=C=C/C=C/C=C. The standard InChI is InChI=1S/C21H18O3/c1-3-5-7-9-11-15-23-20-14-13-19(18-22)17-21(20)24-16-12-10-8-6-4-2/h4-11,13-18H,1-2H2/b8-6+,9-7-,15-11+. The molecule has 0 aliphatic rings. The lowest BCUT2D eigenvalue weighted by atomic mass is 10.2. The van der Waals surface area contributed by atoms with Gasteiger partial charge in [0.1, 0.15) is 12.5 Å². The van der Waals surface area contributed by atoms with Crippen LogP contribution in [0.4, 0.5) is 0 Å². The summed E-state index contributed by atoms with van der Waals surface area (Å²) in [7, 11) is 0. The van der Waals surface area contributed by atoms with Crippen molar-refractivity contribution in [3.8, 4) is 11.5 Å². The Morgan fingerprint density at radius 2 is 1.79 bits per heavy atom. The van der Waals surface area contributed by atoms with E-state index in [0.717, 1.165) is 6.29 Å². The second kappa shape index (κ2) is 12.1. The van der Waals surface area contributed by atoms with Crippen LogP contribution in [0, 0.1) is 0 Å². The Labute approximate surface area is 142 Å². The first-order valence-corrected chi connectivity index (χ1v) is 7.10. The molecule has 0 spiro atoms. The second-order valence-corrected chi connectivity index (χ2v) is 4.22. The van der Waals surface area contributed by atoms with Crippen LogP contribution in [0.5, 0.6) is 11.5 Å². The van der Waals surface area contributed by atoms with Crippen molar-refractivity contribution in [3.63, 3.8) is 0 Å². The van der Waals surface area contributed by atoms with Crippen LogP contribution in [0.15, 0.2) is 104 Å². The van der Waals surface area contributed by atoms with Gasteiger partial charge in [0, 0.05) is 5.56 Å². The Bertz CT molecular complexity index is 751. The molecule has 0 fully saturated rings. The van der Waals surface area contributed by atoms with Crippen molar-refractivity contribution in [2.75, 3.05) is 0 Å². The predicted octanol–water partition coefficient (Wildman–Crippen LogP) is 5.08. The van der Waals surface area contributed by atoms with E-state index < -0.39 is 0 Å². The van der Waals surface area contributed by atoms with Gasteiger partial charge in [-0.05, 0) is 36.4 Å². The molecule has 0 aliphatic heterocycles. The van der Waals surface area contributed by atoms with Crippen LogP contribution in [0.3, 0.4) is 0 Å². The maximum Gasteiger partial charge on any atom is 0.170 e. The van der Waals surface area contributed by atoms with E-state index >= 15 is 0 Å². The normalized spacial score (nSPS) is 10.2. The molecule has 0 unspecified atom stereocenters. The van der Waals surface area contributed by atoms with Crippen LogP contribution < -0.4 is 9.47 Å². The molecule has 0 saturated heterocycles. The summed E-state index contributed by atoms with van der Waals surface area (Å²) in [5.41, 5.74) is 5.94. The van der Waals surface area contributed by atoms with Crippen LogP contribution in [0.1, 0.15) is 10.4 Å². The Morgan fingerprint density at radius 1 is 0.958 bits per heavy atom. The topological polar surface area (TPSA) is 35.5 Å². The molecule has 0 N–H and O–H groups in total. The van der Waals surface area contributed by atoms with E-state index in [1.54, 1.807) is 66.8 Å². The molecule has 0 saturated carbocycles. The number of ether oxygens (including phenoxy) is 2. The lowest BCUT2D eigenvalue weighted by molar-refractivity contribution is 0.112. The highest BCUT2D eigenvalue weighted by Gasteiger charge is 2.04. The summed E-state index contributed by atoms with van der Waals surface area (Å²) in [6.45, 7) is 7.02. The van der Waals surface area contributed by atoms with Crippen LogP contribution >= 0.6 is 0 Å². The van der Waals surface area contributed by atoms with E-state index in [-0.39, 0.29) is 0 Å². The second-order valence-electron chi connectivity index (χ2n) is 4.22. The van der Waals surface area contributed by atoms with Gasteiger partial charge in [0.25, 0.3) is 0 Å². The number of hydrogen-bond acceptors (Lipinski definition) is 3. The van der Waals surface area contributed by atoms with E-state index in [0.29, 0.717) is 17.1 Å². The van der Waals surface area contributed by atoms with E-state index in [1.165, 1.54) is 12.5 Å². The number of benzene rings is 1. The molecule has 0 heterocycles. The average molecular weight is 318 g/mol. The fraction of sp³-hybridized carbons (Fsp3) is 0. The Balaban J connectivity index is 2.85. The van der Waals surface area contributed by atoms with Crippen molar-refractivity contribution in [2.45, 2.75) is 0 Å². The third-order valence-corrected chi connectivity index (χ3v) is 2.51. The molecule has 0 atom stereocenters. The third-order valence-electron chi connectivity index (χ3n) is 2.51. The Hall–Kier alpha value is -3.51. The molecule has 3 nitrogen and oxygen atoms in total. The molecule has 0 radical (unpaired) electrons. The first-order valence-electron chi connectivity index (χ1n) is 7.10. The number of carbonyl (C=O) groups is 1. The molecule has 0 aromatic heterocycles. The maximum absolute atomic E-state index is 10.9. The number of aldehydes is 1. The predicted molar refractivity (Wildman–Crippen MR) is 97.1 cm³/mol. The van der Waals surface area contributed by atoms with Gasteiger partial charge in [-0.1, -0.05) is 49.3 Å². The zero-order valence-corrected chi connectivity index (χ0v) is 13.2. The van der Waals surface area contributed by atoms with Gasteiger partial charge in [-0.3, -0.25) is 4.79 Å². The van der Waals surface area contributed by atoms with Crippen LogP contribution in [0.25, 0.3) is 0 Å². The zero-order valence-electron chi connectivity index (χ0n) is 13.2. The fourth-order valence-electron chi connectivity index (χ4n) is 1.46. The largest absolute Gasteiger partial charge is 0.461 e. The molecule has 0 aliphatic carbocycles. The third kappa shape index (κ3) is 7.48. The summed E-state index contributed by atoms with van der Waals surface area (Å²) in [5.74, 6) is 0.886. The lowest BCUT2D eigenvalue weighted by Crippen LogP contribution is -1.90. The molecule has 0 bridgehead atoms. The van der Waals surface area contributed by atoms with Crippen molar-refractivity contribution < 1.29 is 14.3 Å². The number of allylic oxidation sites excluding steroid dienone is 8. The highest BCUT2D eigenvalue weighted by Crippen LogP contribution is 2.28. The summed E-state index contributed by atoms with van der Waals surface area (Å²) in [6.07, 6.45) is 17.4. The Morgan fingerprint density at radius 3 is 2.54 bits per heavy atom. The van der Waals surface area contributed by atoms with Crippen molar-refractivity contribution in [1.82, 2.24) is 0 Å². The summed E-state index contributed by atoms with van der Waals surface area (Å²) < 4.78 is 11.0. The van der Waals surface area contributed by atoms with Crippen molar-refractivity contribution in [3.05, 3.63) is 110 Å². The minimum atomic E-state index is 0.410. The smallest absolute Gasteiger partial charge is 0.170 e. The van der Waals surface area contributed by atoms with E-state index in [1.807, 2.05) is 0 Å². The molecule has 1 aromatic rings. The molecule has 1 aromatic carbocycles. The molecule has 120 valence electrons. The summed E-state index contributed by atoms with van der Waals surface area (Å²) in [5, 5.41) is 0. The summed E-state index contributed by atoms with van der Waals surface area (Å²) in [6, 6.07) is 4.89. The quantitative estimate of drug-likeness (QED) is 0.276. The number of hydrogen-bond donors (Lipinski definition) is 0. The molecule has 0 amide bonds. The van der Waals surface area contributed by atoms with Gasteiger partial charge in [-0.2, -0.15) is 0 Å². The molecule has 3 heteroatoms. The number of rotatable bonds is 9. The zero-order chi connectivity index (χ0) is 17.5. The first-order chi connectivity index (χ1) is 11.8. The number of carbonyl (C=O) groups excluding carboxylic acids is 1. The van der Waals surface area contributed by atoms with Gasteiger partial charge in [-0.15, -0.1) is 5.73 Å². The molecule has 1 rings (SSSR count). The summed E-state index contributed by atoms with van der Waals surface area (Å²) >= 11 is 0. The minimum absolute atomic E-state index is 0.410. The monoisotopic (exact) mass is 318 g/mol. The highest BCUT2D eigenvalue weighted by atomic mass is 16.5. The van der Waals surface area contributed by atoms with Gasteiger partial charge >= 0.3 is 0 Å². The molecular formula is C21H18O3. The lowest BCUT2D eigenvalue weighted by Gasteiger charge is -2.07. The van der Waals surface area contributed by atoms with E-state index in [2.05, 4.69) is 24.6 Å². The van der Waals surface area contributed by atoms with E-state index in [9.17, 15) is 4.79 Å². The fourth-order valence-corrected chi connectivity index (χ4v) is 1.46. The van der Waals surface area contributed by atoms with Crippen molar-refractivity contribution in [1.29, 1.82) is 0 Å². The summed E-state index contributed by atoms with van der Waals surface area (Å²) in [4.78, 5) is 10.9. The van der Waals surface area contributed by atoms with Crippen LogP contribution in [-0.2, 0) is 0 Å². The average Bonchev–Trinajstić information content (AvgIpc) is 2.61. The van der Waals surface area contributed by atoms with Crippen molar-refractivity contribution >= 4 is 6.29 Å². The minimum Gasteiger partial charge on any atom is -0.461 e. The maximum atomic E-state index is 10.9.